The van der Waals surface area contributed by atoms with Crippen LogP contribution in [0.4, 0.5) is 0 Å². The molecule has 0 saturated heterocycles. The second kappa shape index (κ2) is 12.8. The van der Waals surface area contributed by atoms with Gasteiger partial charge in [0, 0.05) is 18.8 Å². The molecule has 3 heteroatoms. The fourth-order valence-electron chi connectivity index (χ4n) is 5.34. The number of Topliss-reactive ketones (excluding diaryl/α,β-unsaturated/α-hetero) is 1. The highest BCUT2D eigenvalue weighted by molar-refractivity contribution is 5.93. The molecule has 5 aromatic rings. The summed E-state index contributed by atoms with van der Waals surface area (Å²) in [5.41, 5.74) is 6.44. The van der Waals surface area contributed by atoms with Gasteiger partial charge in [-0.3, -0.25) is 4.79 Å². The number of aromatic nitrogens is 2. The van der Waals surface area contributed by atoms with Crippen LogP contribution in [-0.2, 0) is 19.3 Å². The Morgan fingerprint density at radius 2 is 1.26 bits per heavy atom. The number of aryl methyl sites for hydroxylation is 1. The molecule has 0 amide bonds. The van der Waals surface area contributed by atoms with E-state index < -0.39 is 0 Å². The number of imidazole rings is 1. The molecule has 2 atom stereocenters. The first-order valence-electron chi connectivity index (χ1n) is 13.5. The van der Waals surface area contributed by atoms with Crippen molar-refractivity contribution in [3.63, 3.8) is 0 Å². The van der Waals surface area contributed by atoms with Gasteiger partial charge in [0.1, 0.15) is 0 Å². The van der Waals surface area contributed by atoms with Crippen LogP contribution in [0.25, 0.3) is 0 Å². The molecule has 1 N–H and O–H groups in total. The monoisotopic (exact) mass is 498 g/mol. The molecule has 1 heterocycles. The van der Waals surface area contributed by atoms with Crippen molar-refractivity contribution in [1.82, 2.24) is 9.97 Å². The first kappa shape index (κ1) is 25.4. The third kappa shape index (κ3) is 6.95. The van der Waals surface area contributed by atoms with Crippen molar-refractivity contribution in [3.8, 4) is 0 Å². The summed E-state index contributed by atoms with van der Waals surface area (Å²) < 4.78 is 0. The molecule has 4 aromatic carbocycles. The molecular weight excluding hydrogens is 464 g/mol. The Balaban J connectivity index is 1.44. The lowest BCUT2D eigenvalue weighted by Gasteiger charge is -2.28. The third-order valence-electron chi connectivity index (χ3n) is 7.38. The van der Waals surface area contributed by atoms with Gasteiger partial charge in [-0.15, -0.1) is 0 Å². The lowest BCUT2D eigenvalue weighted by atomic mass is 9.76. The van der Waals surface area contributed by atoms with Crippen LogP contribution in [0.5, 0.6) is 0 Å². The number of carbonyl (C=O) groups excluding carboxylic acids is 1. The van der Waals surface area contributed by atoms with E-state index in [0.29, 0.717) is 18.2 Å². The summed E-state index contributed by atoms with van der Waals surface area (Å²) in [5.74, 6) is 0.891. The van der Waals surface area contributed by atoms with Gasteiger partial charge < -0.3 is 4.98 Å². The predicted molar refractivity (Wildman–Crippen MR) is 154 cm³/mol. The maximum atomic E-state index is 13.3. The number of hydrogen-bond donors (Lipinski definition) is 1. The van der Waals surface area contributed by atoms with Crippen molar-refractivity contribution in [2.24, 2.45) is 5.92 Å². The van der Waals surface area contributed by atoms with Gasteiger partial charge in [-0.2, -0.15) is 0 Å². The molecule has 0 spiro atoms. The van der Waals surface area contributed by atoms with Gasteiger partial charge in [0.05, 0.1) is 0 Å². The normalized spacial score (nSPS) is 12.6. The summed E-state index contributed by atoms with van der Waals surface area (Å²) >= 11 is 0. The maximum absolute atomic E-state index is 13.3. The molecule has 0 fully saturated rings. The van der Waals surface area contributed by atoms with Crippen LogP contribution in [-0.4, -0.2) is 15.8 Å². The Morgan fingerprint density at radius 1 is 0.684 bits per heavy atom. The fourth-order valence-corrected chi connectivity index (χ4v) is 5.34. The number of rotatable bonds is 12. The minimum Gasteiger partial charge on any atom is -0.342 e. The van der Waals surface area contributed by atoms with E-state index in [1.807, 2.05) is 0 Å². The lowest BCUT2D eigenvalue weighted by Crippen LogP contribution is -2.21. The largest absolute Gasteiger partial charge is 0.342 e. The van der Waals surface area contributed by atoms with E-state index in [0.717, 1.165) is 25.7 Å². The van der Waals surface area contributed by atoms with Crippen molar-refractivity contribution in [2.45, 2.75) is 38.0 Å². The van der Waals surface area contributed by atoms with Gasteiger partial charge in [-0.1, -0.05) is 115 Å². The number of nitrogens with one attached hydrogen (secondary N) is 1. The van der Waals surface area contributed by atoms with Crippen LogP contribution >= 0.6 is 0 Å². The van der Waals surface area contributed by atoms with E-state index in [-0.39, 0.29) is 11.7 Å². The molecule has 5 rings (SSSR count). The van der Waals surface area contributed by atoms with Crippen molar-refractivity contribution >= 4 is 5.78 Å². The van der Waals surface area contributed by atoms with Gasteiger partial charge in [-0.25, -0.2) is 4.98 Å². The summed E-state index contributed by atoms with van der Waals surface area (Å²) in [7, 11) is 0. The van der Waals surface area contributed by atoms with Crippen molar-refractivity contribution in [1.29, 1.82) is 0 Å². The van der Waals surface area contributed by atoms with Gasteiger partial charge in [-0.05, 0) is 65.3 Å². The highest BCUT2D eigenvalue weighted by Gasteiger charge is 2.27. The smallest absolute Gasteiger partial charge is 0.198 e. The van der Waals surface area contributed by atoms with Crippen LogP contribution < -0.4 is 0 Å². The van der Waals surface area contributed by atoms with Gasteiger partial charge in [0.25, 0.3) is 0 Å². The van der Waals surface area contributed by atoms with E-state index in [9.17, 15) is 4.79 Å². The molecule has 190 valence electrons. The van der Waals surface area contributed by atoms with E-state index in [1.165, 1.54) is 27.8 Å². The molecule has 1 aromatic heterocycles. The predicted octanol–water partition coefficient (Wildman–Crippen LogP) is 7.85. The Hall–Kier alpha value is -4.24. The van der Waals surface area contributed by atoms with Crippen LogP contribution in [0.15, 0.2) is 128 Å². The molecule has 0 bridgehead atoms. The van der Waals surface area contributed by atoms with Crippen molar-refractivity contribution < 1.29 is 4.79 Å². The first-order chi connectivity index (χ1) is 18.7. The van der Waals surface area contributed by atoms with Gasteiger partial charge >= 0.3 is 0 Å². The van der Waals surface area contributed by atoms with Crippen molar-refractivity contribution in [3.05, 3.63) is 161 Å². The number of benzene rings is 4. The van der Waals surface area contributed by atoms with Crippen molar-refractivity contribution in [2.75, 3.05) is 0 Å². The van der Waals surface area contributed by atoms with Crippen LogP contribution in [0.1, 0.15) is 57.2 Å². The Labute approximate surface area is 225 Å². The topological polar surface area (TPSA) is 45.8 Å². The number of carbonyl (C=O) groups is 1. The average molecular weight is 499 g/mol. The van der Waals surface area contributed by atoms with E-state index >= 15 is 0 Å². The Bertz CT molecular complexity index is 1380. The molecule has 2 unspecified atom stereocenters. The number of ketones is 1. The zero-order valence-electron chi connectivity index (χ0n) is 21.7. The molecule has 0 aliphatic carbocycles. The van der Waals surface area contributed by atoms with Crippen LogP contribution in [0, 0.1) is 5.92 Å². The summed E-state index contributed by atoms with van der Waals surface area (Å²) in [4.78, 5) is 20.6. The van der Waals surface area contributed by atoms with Gasteiger partial charge in [0.2, 0.25) is 0 Å². The van der Waals surface area contributed by atoms with E-state index in [4.69, 9.17) is 0 Å². The second-order valence-electron chi connectivity index (χ2n) is 10.0. The zero-order valence-corrected chi connectivity index (χ0v) is 21.7. The minimum absolute atomic E-state index is 0.0612. The standard InChI is InChI=1S/C35H34N2O/c38-34(35-36-22-23-37-35)26-33(31-19-17-30(18-20-31)24-28-12-6-2-7-13-28)32(25-29-14-8-3-9-15-29)21-16-27-10-4-1-5-11-27/h1-15,17-20,22-23,32-33H,16,21,24-26H2,(H,36,37). The second-order valence-corrected chi connectivity index (χ2v) is 10.0. The minimum atomic E-state index is 0.0612. The molecular formula is C35H34N2O. The molecule has 38 heavy (non-hydrogen) atoms. The zero-order chi connectivity index (χ0) is 26.0. The van der Waals surface area contributed by atoms with Crippen LogP contribution in [0.2, 0.25) is 0 Å². The molecule has 0 radical (unpaired) electrons. The van der Waals surface area contributed by atoms with E-state index in [2.05, 4.69) is 125 Å². The number of hydrogen-bond acceptors (Lipinski definition) is 2. The summed E-state index contributed by atoms with van der Waals surface area (Å²) in [6, 6.07) is 40.8. The average Bonchev–Trinajstić information content (AvgIpc) is 3.52. The number of aromatic amines is 1. The van der Waals surface area contributed by atoms with E-state index in [1.54, 1.807) is 12.4 Å². The SMILES string of the molecule is O=C(CC(c1ccc(Cc2ccccc2)cc1)C(CCc1ccccc1)Cc1ccccc1)c1ncc[nH]1. The Kier molecular flexibility index (Phi) is 8.58. The molecule has 0 aliphatic heterocycles. The quantitative estimate of drug-likeness (QED) is 0.178. The maximum Gasteiger partial charge on any atom is 0.198 e. The number of nitrogens with zero attached hydrogens (tertiary/aromatic N) is 1. The lowest BCUT2D eigenvalue weighted by molar-refractivity contribution is 0.0953. The summed E-state index contributed by atoms with van der Waals surface area (Å²) in [6.07, 6.45) is 7.61. The van der Waals surface area contributed by atoms with Gasteiger partial charge in [0.15, 0.2) is 11.6 Å². The molecule has 0 saturated carbocycles. The molecule has 3 nitrogen and oxygen atoms in total. The first-order valence-corrected chi connectivity index (χ1v) is 13.5. The fraction of sp³-hybridized carbons (Fsp3) is 0.200. The number of H-pyrrole nitrogens is 1. The summed E-state index contributed by atoms with van der Waals surface area (Å²) in [6.45, 7) is 0. The van der Waals surface area contributed by atoms with Crippen LogP contribution in [0.3, 0.4) is 0 Å². The highest BCUT2D eigenvalue weighted by Crippen LogP contribution is 2.35. The summed E-state index contributed by atoms with van der Waals surface area (Å²) in [5, 5.41) is 0. The third-order valence-corrected chi connectivity index (χ3v) is 7.38. The molecule has 0 aliphatic rings. The highest BCUT2D eigenvalue weighted by atomic mass is 16.1. The Morgan fingerprint density at radius 3 is 1.87 bits per heavy atom.